The van der Waals surface area contributed by atoms with E-state index < -0.39 is 17.7 Å². The van der Waals surface area contributed by atoms with Gasteiger partial charge in [0.25, 0.3) is 0 Å². The van der Waals surface area contributed by atoms with Gasteiger partial charge >= 0.3 is 12.1 Å². The average molecular weight is 335 g/mol. The van der Waals surface area contributed by atoms with Crippen molar-refractivity contribution in [1.82, 2.24) is 5.32 Å². The van der Waals surface area contributed by atoms with Crippen molar-refractivity contribution in [2.45, 2.75) is 32.8 Å². The zero-order valence-electron chi connectivity index (χ0n) is 14.4. The van der Waals surface area contributed by atoms with Crippen molar-refractivity contribution < 1.29 is 19.4 Å². The summed E-state index contributed by atoms with van der Waals surface area (Å²) >= 11 is 0. The number of hydrogen-bond acceptors (Lipinski definition) is 5. The minimum Gasteiger partial charge on any atom is -0.481 e. The first-order valence-electron chi connectivity index (χ1n) is 8.04. The molecule has 0 aromatic heterocycles. The Morgan fingerprint density at radius 3 is 2.50 bits per heavy atom. The van der Waals surface area contributed by atoms with Crippen LogP contribution in [0, 0.1) is 0 Å². The third kappa shape index (κ3) is 5.73. The topological polar surface area (TPSA) is 90.9 Å². The molecule has 0 unspecified atom stereocenters. The van der Waals surface area contributed by atoms with Gasteiger partial charge in [-0.15, -0.1) is 0 Å². The number of hydrogen-bond donors (Lipinski definition) is 3. The molecule has 7 heteroatoms. The van der Waals surface area contributed by atoms with Gasteiger partial charge in [0, 0.05) is 37.6 Å². The molecule has 2 rings (SSSR count). The predicted molar refractivity (Wildman–Crippen MR) is 92.7 cm³/mol. The van der Waals surface area contributed by atoms with Gasteiger partial charge in [-0.25, -0.2) is 4.79 Å². The average Bonchev–Trinajstić information content (AvgIpc) is 2.45. The summed E-state index contributed by atoms with van der Waals surface area (Å²) < 4.78 is 5.26. The van der Waals surface area contributed by atoms with Crippen molar-refractivity contribution in [3.8, 4) is 0 Å². The first kappa shape index (κ1) is 18.1. The number of carboxylic acids is 1. The second-order valence-electron chi connectivity index (χ2n) is 6.82. The van der Waals surface area contributed by atoms with Gasteiger partial charge in [0.1, 0.15) is 5.60 Å². The fourth-order valence-corrected chi connectivity index (χ4v) is 2.55. The molecule has 1 aromatic rings. The molecule has 0 atom stereocenters. The van der Waals surface area contributed by atoms with E-state index in [2.05, 4.69) is 15.5 Å². The molecule has 3 N–H and O–H groups in total. The zero-order chi connectivity index (χ0) is 17.7. The molecule has 0 spiro atoms. The third-order valence-corrected chi connectivity index (χ3v) is 3.46. The second kappa shape index (κ2) is 7.53. The molecule has 0 bridgehead atoms. The molecule has 0 saturated carbocycles. The minimum atomic E-state index is -0.907. The molecule has 0 aliphatic carbocycles. The Labute approximate surface area is 142 Å². The van der Waals surface area contributed by atoms with Crippen LogP contribution in [0.5, 0.6) is 0 Å². The highest BCUT2D eigenvalue weighted by Gasteiger charge is 2.18. The van der Waals surface area contributed by atoms with E-state index in [1.54, 1.807) is 26.8 Å². The van der Waals surface area contributed by atoms with Gasteiger partial charge in [-0.1, -0.05) is 0 Å². The normalized spacial score (nSPS) is 15.0. The standard InChI is InChI=1S/C17H25N3O4/c1-17(2,3)24-16(23)19-13-8-12(10-15(21)22)9-14(11-13)20-6-4-18-5-7-20/h8-9,11,18H,4-7,10H2,1-3H3,(H,19,23)(H,21,22). The molecule has 1 fully saturated rings. The van der Waals surface area contributed by atoms with Crippen LogP contribution >= 0.6 is 0 Å². The number of rotatable bonds is 4. The number of amides is 1. The Bertz CT molecular complexity index is 604. The first-order valence-corrected chi connectivity index (χ1v) is 8.04. The van der Waals surface area contributed by atoms with Gasteiger partial charge in [-0.3, -0.25) is 10.1 Å². The Morgan fingerprint density at radius 1 is 1.25 bits per heavy atom. The van der Waals surface area contributed by atoms with E-state index in [-0.39, 0.29) is 6.42 Å². The maximum atomic E-state index is 12.0. The molecule has 1 aromatic carbocycles. The molecule has 132 valence electrons. The fourth-order valence-electron chi connectivity index (χ4n) is 2.55. The van der Waals surface area contributed by atoms with Crippen molar-refractivity contribution in [2.24, 2.45) is 0 Å². The minimum absolute atomic E-state index is 0.0943. The lowest BCUT2D eigenvalue weighted by Crippen LogP contribution is -2.43. The molecule has 0 radical (unpaired) electrons. The maximum Gasteiger partial charge on any atom is 0.412 e. The summed E-state index contributed by atoms with van der Waals surface area (Å²) in [6.07, 6.45) is -0.649. The van der Waals surface area contributed by atoms with E-state index in [1.165, 1.54) is 0 Å². The van der Waals surface area contributed by atoms with Crippen molar-refractivity contribution in [2.75, 3.05) is 36.4 Å². The summed E-state index contributed by atoms with van der Waals surface area (Å²) in [6.45, 7) is 8.79. The molecule has 1 saturated heterocycles. The number of ether oxygens (including phenoxy) is 1. The zero-order valence-corrected chi connectivity index (χ0v) is 14.4. The van der Waals surface area contributed by atoms with Crippen LogP contribution in [0.15, 0.2) is 18.2 Å². The summed E-state index contributed by atoms with van der Waals surface area (Å²) in [5.74, 6) is -0.907. The lowest BCUT2D eigenvalue weighted by Gasteiger charge is -2.30. The predicted octanol–water partition coefficient (Wildman–Crippen LogP) is 2.07. The van der Waals surface area contributed by atoms with E-state index >= 15 is 0 Å². The first-order chi connectivity index (χ1) is 11.2. The van der Waals surface area contributed by atoms with Crippen LogP contribution in [-0.2, 0) is 16.0 Å². The van der Waals surface area contributed by atoms with E-state index in [0.29, 0.717) is 11.3 Å². The summed E-state index contributed by atoms with van der Waals surface area (Å²) in [5.41, 5.74) is 1.49. The third-order valence-electron chi connectivity index (χ3n) is 3.46. The van der Waals surface area contributed by atoms with E-state index in [0.717, 1.165) is 31.9 Å². The van der Waals surface area contributed by atoms with Gasteiger partial charge < -0.3 is 20.1 Å². The number of carbonyl (C=O) groups is 2. The highest BCUT2D eigenvalue weighted by atomic mass is 16.6. The van der Waals surface area contributed by atoms with Crippen molar-refractivity contribution in [3.05, 3.63) is 23.8 Å². The van der Waals surface area contributed by atoms with Crippen LogP contribution in [-0.4, -0.2) is 48.9 Å². The summed E-state index contributed by atoms with van der Waals surface area (Å²) in [7, 11) is 0. The number of aliphatic carboxylic acids is 1. The molecule has 1 heterocycles. The van der Waals surface area contributed by atoms with Crippen molar-refractivity contribution >= 4 is 23.4 Å². The van der Waals surface area contributed by atoms with E-state index in [1.807, 2.05) is 12.1 Å². The summed E-state index contributed by atoms with van der Waals surface area (Å²) in [6, 6.07) is 5.38. The molecule has 1 aliphatic rings. The van der Waals surface area contributed by atoms with Crippen LogP contribution in [0.4, 0.5) is 16.2 Å². The number of piperazine rings is 1. The number of anilines is 2. The fraction of sp³-hybridized carbons (Fsp3) is 0.529. The highest BCUT2D eigenvalue weighted by Crippen LogP contribution is 2.24. The van der Waals surface area contributed by atoms with Gasteiger partial charge in [-0.2, -0.15) is 0 Å². The Kier molecular flexibility index (Phi) is 5.66. The van der Waals surface area contributed by atoms with Gasteiger partial charge in [-0.05, 0) is 44.5 Å². The highest BCUT2D eigenvalue weighted by molar-refractivity contribution is 5.86. The quantitative estimate of drug-likeness (QED) is 0.780. The summed E-state index contributed by atoms with van der Waals surface area (Å²) in [4.78, 5) is 25.2. The van der Waals surface area contributed by atoms with E-state index in [9.17, 15) is 9.59 Å². The number of carboxylic acid groups (broad SMARTS) is 1. The Hall–Kier alpha value is -2.28. The number of nitrogens with one attached hydrogen (secondary N) is 2. The number of benzene rings is 1. The molecule has 1 amide bonds. The lowest BCUT2D eigenvalue weighted by molar-refractivity contribution is -0.136. The number of carbonyl (C=O) groups excluding carboxylic acids is 1. The molecular formula is C17H25N3O4. The van der Waals surface area contributed by atoms with Gasteiger partial charge in [0.05, 0.1) is 6.42 Å². The van der Waals surface area contributed by atoms with E-state index in [4.69, 9.17) is 9.84 Å². The maximum absolute atomic E-state index is 12.0. The molecule has 7 nitrogen and oxygen atoms in total. The molecule has 24 heavy (non-hydrogen) atoms. The molecule has 1 aliphatic heterocycles. The van der Waals surface area contributed by atoms with Crippen molar-refractivity contribution in [1.29, 1.82) is 0 Å². The van der Waals surface area contributed by atoms with Crippen LogP contribution in [0.1, 0.15) is 26.3 Å². The largest absolute Gasteiger partial charge is 0.481 e. The molecular weight excluding hydrogens is 310 g/mol. The lowest BCUT2D eigenvalue weighted by atomic mass is 10.1. The smallest absolute Gasteiger partial charge is 0.412 e. The second-order valence-corrected chi connectivity index (χ2v) is 6.82. The Morgan fingerprint density at radius 2 is 1.92 bits per heavy atom. The van der Waals surface area contributed by atoms with Crippen LogP contribution in [0.2, 0.25) is 0 Å². The van der Waals surface area contributed by atoms with Crippen LogP contribution < -0.4 is 15.5 Å². The van der Waals surface area contributed by atoms with Crippen LogP contribution in [0.3, 0.4) is 0 Å². The monoisotopic (exact) mass is 335 g/mol. The SMILES string of the molecule is CC(C)(C)OC(=O)Nc1cc(CC(=O)O)cc(N2CCNCC2)c1. The Balaban J connectivity index is 2.21. The van der Waals surface area contributed by atoms with Crippen LogP contribution in [0.25, 0.3) is 0 Å². The van der Waals surface area contributed by atoms with Gasteiger partial charge in [0.15, 0.2) is 0 Å². The number of nitrogens with zero attached hydrogens (tertiary/aromatic N) is 1. The van der Waals surface area contributed by atoms with Crippen molar-refractivity contribution in [3.63, 3.8) is 0 Å². The van der Waals surface area contributed by atoms with Gasteiger partial charge in [0.2, 0.25) is 0 Å². The summed E-state index contributed by atoms with van der Waals surface area (Å²) in [5, 5.41) is 15.0.